The molecule has 0 aliphatic carbocycles. The molecule has 0 aliphatic heterocycles. The van der Waals surface area contributed by atoms with Gasteiger partial charge in [0.2, 0.25) is 0 Å². The minimum Gasteiger partial charge on any atom is -0.435 e. The number of alkyl halides is 2. The highest BCUT2D eigenvalue weighted by molar-refractivity contribution is 5.27. The van der Waals surface area contributed by atoms with Crippen LogP contribution in [0.1, 0.15) is 17.1 Å². The highest BCUT2D eigenvalue weighted by atomic mass is 19.3. The minimum absolute atomic E-state index is 0.120. The van der Waals surface area contributed by atoms with E-state index in [9.17, 15) is 8.78 Å². The molecule has 0 radical (unpaired) electrons. The average molecular weight is 317 g/mol. The molecule has 2 heterocycles. The van der Waals surface area contributed by atoms with Crippen LogP contribution in [0.5, 0.6) is 5.75 Å². The van der Waals surface area contributed by atoms with E-state index in [1.165, 1.54) is 12.1 Å². The number of rotatable bonds is 6. The van der Waals surface area contributed by atoms with E-state index < -0.39 is 6.61 Å². The molecule has 0 saturated heterocycles. The van der Waals surface area contributed by atoms with Crippen LogP contribution in [0.4, 0.5) is 8.78 Å². The molecule has 118 valence electrons. The van der Waals surface area contributed by atoms with Gasteiger partial charge in [-0.05, 0) is 40.3 Å². The van der Waals surface area contributed by atoms with E-state index in [0.29, 0.717) is 18.8 Å². The highest BCUT2D eigenvalue weighted by Crippen LogP contribution is 2.16. The number of ether oxygens (including phenoxy) is 1. The zero-order valence-corrected chi connectivity index (χ0v) is 12.0. The molecule has 8 heteroatoms. The van der Waals surface area contributed by atoms with Gasteiger partial charge in [0.15, 0.2) is 5.82 Å². The molecule has 23 heavy (non-hydrogen) atoms. The maximum Gasteiger partial charge on any atom is 0.387 e. The molecule has 0 fully saturated rings. The number of hydrogen-bond acceptors (Lipinski definition) is 5. The number of pyridine rings is 1. The summed E-state index contributed by atoms with van der Waals surface area (Å²) in [6.07, 6.45) is 2.23. The first-order valence-corrected chi connectivity index (χ1v) is 6.89. The number of tetrazole rings is 1. The van der Waals surface area contributed by atoms with Gasteiger partial charge in [0.05, 0.1) is 13.0 Å². The Balaban J connectivity index is 1.70. The first-order valence-electron chi connectivity index (χ1n) is 6.89. The number of halogens is 2. The molecule has 0 spiro atoms. The zero-order chi connectivity index (χ0) is 16.1. The number of benzene rings is 1. The van der Waals surface area contributed by atoms with Crippen LogP contribution in [0.2, 0.25) is 0 Å². The van der Waals surface area contributed by atoms with Crippen LogP contribution >= 0.6 is 0 Å². The molecule has 0 aliphatic rings. The quantitative estimate of drug-likeness (QED) is 0.698. The summed E-state index contributed by atoms with van der Waals surface area (Å²) in [6, 6.07) is 12.0. The number of hydrogen-bond donors (Lipinski definition) is 0. The molecule has 3 aromatic rings. The molecule has 0 unspecified atom stereocenters. The van der Waals surface area contributed by atoms with Crippen LogP contribution in [0, 0.1) is 0 Å². The Morgan fingerprint density at radius 3 is 2.61 bits per heavy atom. The second kappa shape index (κ2) is 6.91. The van der Waals surface area contributed by atoms with Crippen molar-refractivity contribution >= 4 is 0 Å². The van der Waals surface area contributed by atoms with Gasteiger partial charge in [-0.25, -0.2) is 4.68 Å². The minimum atomic E-state index is -2.83. The summed E-state index contributed by atoms with van der Waals surface area (Å²) < 4.78 is 30.2. The van der Waals surface area contributed by atoms with Crippen LogP contribution in [0.3, 0.4) is 0 Å². The predicted molar refractivity (Wildman–Crippen MR) is 77.0 cm³/mol. The standard InChI is InChI=1S/C15H13F2N5O/c16-15(17)23-13-6-4-11(5-7-13)10-22-14(19-20-21-22)9-12-3-1-2-8-18-12/h1-8,15H,9-10H2. The molecular weight excluding hydrogens is 304 g/mol. The van der Waals surface area contributed by atoms with Crippen LogP contribution in [0.15, 0.2) is 48.7 Å². The molecule has 2 aromatic heterocycles. The second-order valence-electron chi connectivity index (χ2n) is 4.77. The predicted octanol–water partition coefficient (Wildman–Crippen LogP) is 2.31. The summed E-state index contributed by atoms with van der Waals surface area (Å²) in [6.45, 7) is -2.39. The van der Waals surface area contributed by atoms with Gasteiger partial charge >= 0.3 is 6.61 Å². The lowest BCUT2D eigenvalue weighted by Crippen LogP contribution is -2.08. The van der Waals surface area contributed by atoms with Gasteiger partial charge < -0.3 is 4.74 Å². The largest absolute Gasteiger partial charge is 0.435 e. The fourth-order valence-corrected chi connectivity index (χ4v) is 2.09. The van der Waals surface area contributed by atoms with E-state index in [4.69, 9.17) is 0 Å². The Kier molecular flexibility index (Phi) is 4.51. The number of nitrogens with zero attached hydrogens (tertiary/aromatic N) is 5. The van der Waals surface area contributed by atoms with Gasteiger partial charge in [-0.1, -0.05) is 18.2 Å². The van der Waals surface area contributed by atoms with E-state index in [1.54, 1.807) is 23.0 Å². The Labute approximate surface area is 130 Å². The van der Waals surface area contributed by atoms with Crippen molar-refractivity contribution in [3.05, 3.63) is 65.7 Å². The van der Waals surface area contributed by atoms with Gasteiger partial charge in [-0.15, -0.1) is 5.10 Å². The lowest BCUT2D eigenvalue weighted by Gasteiger charge is -2.07. The average Bonchev–Trinajstić information content (AvgIpc) is 2.97. The molecule has 0 atom stereocenters. The van der Waals surface area contributed by atoms with Gasteiger partial charge in [0, 0.05) is 11.9 Å². The van der Waals surface area contributed by atoms with Crippen molar-refractivity contribution in [2.75, 3.05) is 0 Å². The topological polar surface area (TPSA) is 65.7 Å². The fourth-order valence-electron chi connectivity index (χ4n) is 2.09. The Bertz CT molecular complexity index is 746. The van der Waals surface area contributed by atoms with Crippen LogP contribution in [-0.2, 0) is 13.0 Å². The smallest absolute Gasteiger partial charge is 0.387 e. The maximum atomic E-state index is 12.1. The van der Waals surface area contributed by atoms with Gasteiger partial charge in [0.25, 0.3) is 0 Å². The van der Waals surface area contributed by atoms with Crippen molar-refractivity contribution in [2.45, 2.75) is 19.6 Å². The molecule has 0 saturated carbocycles. The summed E-state index contributed by atoms with van der Waals surface area (Å²) in [7, 11) is 0. The Morgan fingerprint density at radius 2 is 1.91 bits per heavy atom. The Morgan fingerprint density at radius 1 is 1.09 bits per heavy atom. The van der Waals surface area contributed by atoms with E-state index in [-0.39, 0.29) is 5.75 Å². The summed E-state index contributed by atoms with van der Waals surface area (Å²) in [5.41, 5.74) is 1.74. The first kappa shape index (κ1) is 15.0. The normalized spacial score (nSPS) is 10.9. The van der Waals surface area contributed by atoms with Crippen molar-refractivity contribution in [1.82, 2.24) is 25.2 Å². The zero-order valence-electron chi connectivity index (χ0n) is 12.0. The second-order valence-corrected chi connectivity index (χ2v) is 4.77. The van der Waals surface area contributed by atoms with Crippen LogP contribution in [0.25, 0.3) is 0 Å². The van der Waals surface area contributed by atoms with Crippen molar-refractivity contribution in [3.63, 3.8) is 0 Å². The Hall–Kier alpha value is -2.90. The third-order valence-corrected chi connectivity index (χ3v) is 3.15. The molecule has 0 N–H and O–H groups in total. The molecule has 6 nitrogen and oxygen atoms in total. The van der Waals surface area contributed by atoms with Crippen molar-refractivity contribution in [3.8, 4) is 5.75 Å². The molecule has 0 amide bonds. The molecule has 0 bridgehead atoms. The van der Waals surface area contributed by atoms with Crippen LogP contribution < -0.4 is 4.74 Å². The van der Waals surface area contributed by atoms with Crippen LogP contribution in [-0.4, -0.2) is 31.8 Å². The summed E-state index contributed by atoms with van der Waals surface area (Å²) in [5.74, 6) is 0.797. The van der Waals surface area contributed by atoms with E-state index in [2.05, 4.69) is 25.2 Å². The van der Waals surface area contributed by atoms with E-state index >= 15 is 0 Å². The molecular formula is C15H13F2N5O. The van der Waals surface area contributed by atoms with Gasteiger partial charge in [-0.2, -0.15) is 8.78 Å². The van der Waals surface area contributed by atoms with E-state index in [0.717, 1.165) is 11.3 Å². The lowest BCUT2D eigenvalue weighted by atomic mass is 10.2. The van der Waals surface area contributed by atoms with E-state index in [1.807, 2.05) is 18.2 Å². The van der Waals surface area contributed by atoms with Gasteiger partial charge in [-0.3, -0.25) is 4.98 Å². The van der Waals surface area contributed by atoms with Crippen molar-refractivity contribution < 1.29 is 13.5 Å². The fraction of sp³-hybridized carbons (Fsp3) is 0.200. The maximum absolute atomic E-state index is 12.1. The molecule has 1 aromatic carbocycles. The lowest BCUT2D eigenvalue weighted by molar-refractivity contribution is -0.0498. The van der Waals surface area contributed by atoms with Crippen molar-refractivity contribution in [2.24, 2.45) is 0 Å². The van der Waals surface area contributed by atoms with Gasteiger partial charge in [0.1, 0.15) is 5.75 Å². The summed E-state index contributed by atoms with van der Waals surface area (Å²) in [5, 5.41) is 11.6. The third kappa shape index (κ3) is 4.06. The summed E-state index contributed by atoms with van der Waals surface area (Å²) >= 11 is 0. The first-order chi connectivity index (χ1) is 11.2. The summed E-state index contributed by atoms with van der Waals surface area (Å²) in [4.78, 5) is 4.24. The molecule has 3 rings (SSSR count). The third-order valence-electron chi connectivity index (χ3n) is 3.15. The SMILES string of the molecule is FC(F)Oc1ccc(Cn2nnnc2Cc2ccccn2)cc1. The highest BCUT2D eigenvalue weighted by Gasteiger charge is 2.09. The van der Waals surface area contributed by atoms with Crippen molar-refractivity contribution in [1.29, 1.82) is 0 Å². The monoisotopic (exact) mass is 317 g/mol. The number of aromatic nitrogens is 5.